The lowest BCUT2D eigenvalue weighted by Gasteiger charge is -2.03. The standard InChI is InChI=1S/C8H14O2/c1-6-2-3-7(4-6)5-8(9)10/h6-7H,2-5H2,1H3,(H,9,10). The van der Waals surface area contributed by atoms with Crippen LogP contribution >= 0.6 is 0 Å². The van der Waals surface area contributed by atoms with Crippen LogP contribution in [0, 0.1) is 11.8 Å². The van der Waals surface area contributed by atoms with Gasteiger partial charge in [0, 0.05) is 6.42 Å². The third kappa shape index (κ3) is 2.01. The zero-order valence-corrected chi connectivity index (χ0v) is 6.34. The number of carboxylic acids is 1. The number of aliphatic carboxylic acids is 1. The molecule has 2 heteroatoms. The van der Waals surface area contributed by atoms with Crippen molar-refractivity contribution < 1.29 is 9.90 Å². The maximum absolute atomic E-state index is 10.3. The Kier molecular flexibility index (Phi) is 2.30. The van der Waals surface area contributed by atoms with Gasteiger partial charge in [-0.2, -0.15) is 0 Å². The van der Waals surface area contributed by atoms with Gasteiger partial charge in [-0.1, -0.05) is 13.3 Å². The van der Waals surface area contributed by atoms with Gasteiger partial charge in [0.25, 0.3) is 0 Å². The van der Waals surface area contributed by atoms with E-state index in [2.05, 4.69) is 6.92 Å². The Morgan fingerprint density at radius 2 is 2.30 bits per heavy atom. The third-order valence-electron chi connectivity index (χ3n) is 2.27. The fourth-order valence-corrected chi connectivity index (χ4v) is 1.76. The van der Waals surface area contributed by atoms with Crippen molar-refractivity contribution in [3.05, 3.63) is 0 Å². The predicted octanol–water partition coefficient (Wildman–Crippen LogP) is 1.90. The number of hydrogen-bond donors (Lipinski definition) is 1. The Balaban J connectivity index is 2.24. The highest BCUT2D eigenvalue weighted by Crippen LogP contribution is 2.32. The van der Waals surface area contributed by atoms with Gasteiger partial charge in [-0.15, -0.1) is 0 Å². The van der Waals surface area contributed by atoms with Crippen LogP contribution in [0.5, 0.6) is 0 Å². The molecule has 0 amide bonds. The molecule has 0 aromatic carbocycles. The molecule has 2 nitrogen and oxygen atoms in total. The van der Waals surface area contributed by atoms with E-state index >= 15 is 0 Å². The Morgan fingerprint density at radius 3 is 2.70 bits per heavy atom. The minimum Gasteiger partial charge on any atom is -0.481 e. The average Bonchev–Trinajstić information content (AvgIpc) is 2.13. The molecule has 0 aromatic rings. The zero-order valence-electron chi connectivity index (χ0n) is 6.34. The summed E-state index contributed by atoms with van der Waals surface area (Å²) < 4.78 is 0. The van der Waals surface area contributed by atoms with Gasteiger partial charge in [0.1, 0.15) is 0 Å². The smallest absolute Gasteiger partial charge is 0.303 e. The quantitative estimate of drug-likeness (QED) is 0.639. The van der Waals surface area contributed by atoms with E-state index in [-0.39, 0.29) is 0 Å². The Bertz CT molecular complexity index is 131. The molecule has 1 fully saturated rings. The third-order valence-corrected chi connectivity index (χ3v) is 2.27. The van der Waals surface area contributed by atoms with Crippen LogP contribution in [0.25, 0.3) is 0 Å². The number of carboxylic acid groups (broad SMARTS) is 1. The highest BCUT2D eigenvalue weighted by atomic mass is 16.4. The van der Waals surface area contributed by atoms with Crippen molar-refractivity contribution in [2.45, 2.75) is 32.6 Å². The normalized spacial score (nSPS) is 32.5. The number of rotatable bonds is 2. The van der Waals surface area contributed by atoms with Crippen LogP contribution in [0.1, 0.15) is 32.6 Å². The first-order valence-electron chi connectivity index (χ1n) is 3.90. The SMILES string of the molecule is CC1CCC(CC(=O)O)C1. The molecule has 0 heterocycles. The summed E-state index contributed by atoms with van der Waals surface area (Å²) in [6.45, 7) is 2.20. The summed E-state index contributed by atoms with van der Waals surface area (Å²) in [6.07, 6.45) is 3.84. The van der Waals surface area contributed by atoms with Crippen LogP contribution in [-0.2, 0) is 4.79 Å². The summed E-state index contributed by atoms with van der Waals surface area (Å²) in [7, 11) is 0. The molecule has 0 aromatic heterocycles. The lowest BCUT2D eigenvalue weighted by molar-refractivity contribution is -0.138. The van der Waals surface area contributed by atoms with Crippen molar-refractivity contribution in [2.24, 2.45) is 11.8 Å². The molecule has 2 atom stereocenters. The van der Waals surface area contributed by atoms with Crippen LogP contribution in [0.3, 0.4) is 0 Å². The first-order valence-corrected chi connectivity index (χ1v) is 3.90. The summed E-state index contributed by atoms with van der Waals surface area (Å²) >= 11 is 0. The number of hydrogen-bond acceptors (Lipinski definition) is 1. The van der Waals surface area contributed by atoms with E-state index in [1.165, 1.54) is 6.42 Å². The molecule has 0 aliphatic heterocycles. The molecule has 10 heavy (non-hydrogen) atoms. The summed E-state index contributed by atoms with van der Waals surface area (Å²) in [4.78, 5) is 10.3. The van der Waals surface area contributed by atoms with Gasteiger partial charge in [-0.25, -0.2) is 0 Å². The minimum atomic E-state index is -0.640. The van der Waals surface area contributed by atoms with Crippen LogP contribution in [0.4, 0.5) is 0 Å². The predicted molar refractivity (Wildman–Crippen MR) is 38.8 cm³/mol. The molecule has 2 unspecified atom stereocenters. The van der Waals surface area contributed by atoms with E-state index in [0.29, 0.717) is 12.3 Å². The summed E-state index contributed by atoms with van der Waals surface area (Å²) in [6, 6.07) is 0. The highest BCUT2D eigenvalue weighted by Gasteiger charge is 2.22. The first-order chi connectivity index (χ1) is 4.68. The lowest BCUT2D eigenvalue weighted by atomic mass is 10.0. The second-order valence-corrected chi connectivity index (χ2v) is 3.38. The fourth-order valence-electron chi connectivity index (χ4n) is 1.76. The monoisotopic (exact) mass is 142 g/mol. The second-order valence-electron chi connectivity index (χ2n) is 3.38. The molecule has 58 valence electrons. The van der Waals surface area contributed by atoms with E-state index in [1.54, 1.807) is 0 Å². The molecule has 0 radical (unpaired) electrons. The van der Waals surface area contributed by atoms with Crippen molar-refractivity contribution in [3.8, 4) is 0 Å². The second kappa shape index (κ2) is 3.04. The Labute approximate surface area is 61.2 Å². The molecular formula is C8H14O2. The molecule has 0 spiro atoms. The van der Waals surface area contributed by atoms with E-state index in [1.807, 2.05) is 0 Å². The van der Waals surface area contributed by atoms with Crippen molar-refractivity contribution in [2.75, 3.05) is 0 Å². The topological polar surface area (TPSA) is 37.3 Å². The Hall–Kier alpha value is -0.530. The fraction of sp³-hybridized carbons (Fsp3) is 0.875. The molecule has 1 rings (SSSR count). The molecule has 0 saturated heterocycles. The highest BCUT2D eigenvalue weighted by molar-refractivity contribution is 5.67. The van der Waals surface area contributed by atoms with Crippen molar-refractivity contribution in [1.29, 1.82) is 0 Å². The van der Waals surface area contributed by atoms with Crippen molar-refractivity contribution in [1.82, 2.24) is 0 Å². The van der Waals surface area contributed by atoms with Gasteiger partial charge < -0.3 is 5.11 Å². The van der Waals surface area contributed by atoms with Crippen LogP contribution in [-0.4, -0.2) is 11.1 Å². The van der Waals surface area contributed by atoms with Gasteiger partial charge in [-0.05, 0) is 24.7 Å². The average molecular weight is 142 g/mol. The van der Waals surface area contributed by atoms with Crippen LogP contribution in [0.15, 0.2) is 0 Å². The van der Waals surface area contributed by atoms with Gasteiger partial charge in [-0.3, -0.25) is 4.79 Å². The maximum Gasteiger partial charge on any atom is 0.303 e. The molecule has 0 bridgehead atoms. The van der Waals surface area contributed by atoms with Gasteiger partial charge in [0.05, 0.1) is 0 Å². The van der Waals surface area contributed by atoms with E-state index in [0.717, 1.165) is 18.8 Å². The zero-order chi connectivity index (χ0) is 7.56. The van der Waals surface area contributed by atoms with Gasteiger partial charge in [0.15, 0.2) is 0 Å². The van der Waals surface area contributed by atoms with Crippen LogP contribution in [0.2, 0.25) is 0 Å². The Morgan fingerprint density at radius 1 is 1.60 bits per heavy atom. The van der Waals surface area contributed by atoms with Crippen LogP contribution < -0.4 is 0 Å². The van der Waals surface area contributed by atoms with E-state index < -0.39 is 5.97 Å². The van der Waals surface area contributed by atoms with Crippen molar-refractivity contribution >= 4 is 5.97 Å². The van der Waals surface area contributed by atoms with E-state index in [9.17, 15) is 4.79 Å². The summed E-state index contributed by atoms with van der Waals surface area (Å²) in [5.74, 6) is 0.580. The molecule has 1 aliphatic rings. The molecular weight excluding hydrogens is 128 g/mol. The van der Waals surface area contributed by atoms with Gasteiger partial charge in [0.2, 0.25) is 0 Å². The molecule has 1 N–H and O–H groups in total. The first kappa shape index (κ1) is 7.58. The largest absolute Gasteiger partial charge is 0.481 e. The molecule has 1 saturated carbocycles. The molecule has 1 aliphatic carbocycles. The van der Waals surface area contributed by atoms with Crippen molar-refractivity contribution in [3.63, 3.8) is 0 Å². The summed E-state index contributed by atoms with van der Waals surface area (Å²) in [5, 5.41) is 8.46. The summed E-state index contributed by atoms with van der Waals surface area (Å²) in [5.41, 5.74) is 0. The van der Waals surface area contributed by atoms with Gasteiger partial charge >= 0.3 is 5.97 Å². The van der Waals surface area contributed by atoms with E-state index in [4.69, 9.17) is 5.11 Å². The minimum absolute atomic E-state index is 0.379. The number of carbonyl (C=O) groups is 1. The maximum atomic E-state index is 10.3. The lowest BCUT2D eigenvalue weighted by Crippen LogP contribution is -2.03.